The summed E-state index contributed by atoms with van der Waals surface area (Å²) in [6, 6.07) is 19.2. The van der Waals surface area contributed by atoms with E-state index in [-0.39, 0.29) is 11.7 Å². The fraction of sp³-hybridized carbons (Fsp3) is 0.143. The van der Waals surface area contributed by atoms with Gasteiger partial charge in [-0.05, 0) is 35.7 Å². The molecule has 3 aromatic rings. The van der Waals surface area contributed by atoms with E-state index < -0.39 is 4.92 Å². The van der Waals surface area contributed by atoms with Gasteiger partial charge < -0.3 is 10.2 Å². The zero-order valence-corrected chi connectivity index (χ0v) is 15.2. The fourth-order valence-electron chi connectivity index (χ4n) is 2.74. The summed E-state index contributed by atoms with van der Waals surface area (Å²) in [5, 5.41) is 13.6. The molecule has 1 aromatic heterocycles. The molecule has 0 saturated heterocycles. The fourth-order valence-corrected chi connectivity index (χ4v) is 2.74. The molecule has 3 rings (SSSR count). The lowest BCUT2D eigenvalue weighted by Gasteiger charge is -2.23. The zero-order chi connectivity index (χ0) is 19.8. The van der Waals surface area contributed by atoms with E-state index >= 15 is 0 Å². The van der Waals surface area contributed by atoms with Gasteiger partial charge in [0.2, 0.25) is 0 Å². The number of benzene rings is 2. The minimum atomic E-state index is -0.472. The molecule has 0 unspecified atom stereocenters. The van der Waals surface area contributed by atoms with Gasteiger partial charge in [-0.3, -0.25) is 15.1 Å². The van der Waals surface area contributed by atoms with Crippen molar-refractivity contribution >= 4 is 17.4 Å². The third-order valence-corrected chi connectivity index (χ3v) is 4.23. The zero-order valence-electron chi connectivity index (χ0n) is 15.2. The van der Waals surface area contributed by atoms with Crippen LogP contribution in [0.1, 0.15) is 11.1 Å². The maximum atomic E-state index is 12.8. The Morgan fingerprint density at radius 2 is 1.71 bits per heavy atom. The number of non-ortho nitro benzene ring substituents is 1. The van der Waals surface area contributed by atoms with E-state index in [1.165, 1.54) is 24.3 Å². The van der Waals surface area contributed by atoms with Crippen LogP contribution < -0.4 is 5.32 Å². The van der Waals surface area contributed by atoms with Gasteiger partial charge in [0.1, 0.15) is 0 Å². The van der Waals surface area contributed by atoms with Crippen LogP contribution in [0.15, 0.2) is 79.1 Å². The van der Waals surface area contributed by atoms with Crippen LogP contribution in [0, 0.1) is 10.1 Å². The van der Waals surface area contributed by atoms with Gasteiger partial charge in [-0.1, -0.05) is 36.4 Å². The van der Waals surface area contributed by atoms with Gasteiger partial charge in [-0.15, -0.1) is 0 Å². The number of amides is 2. The van der Waals surface area contributed by atoms with E-state index in [1.807, 2.05) is 42.5 Å². The highest BCUT2D eigenvalue weighted by Crippen LogP contribution is 2.16. The van der Waals surface area contributed by atoms with E-state index in [0.29, 0.717) is 18.8 Å². The van der Waals surface area contributed by atoms with E-state index in [0.717, 1.165) is 17.5 Å². The number of nitrogens with zero attached hydrogens (tertiary/aromatic N) is 3. The molecule has 142 valence electrons. The van der Waals surface area contributed by atoms with Gasteiger partial charge >= 0.3 is 6.03 Å². The van der Waals surface area contributed by atoms with E-state index in [2.05, 4.69) is 10.3 Å². The van der Waals surface area contributed by atoms with Crippen molar-refractivity contribution in [2.75, 3.05) is 11.9 Å². The molecule has 7 nitrogen and oxygen atoms in total. The minimum Gasteiger partial charge on any atom is -0.320 e. The molecule has 0 aliphatic carbocycles. The Bertz CT molecular complexity index is 915. The predicted molar refractivity (Wildman–Crippen MR) is 107 cm³/mol. The number of aromatic nitrogens is 1. The first-order chi connectivity index (χ1) is 13.6. The van der Waals surface area contributed by atoms with Gasteiger partial charge in [0.05, 0.1) is 4.92 Å². The van der Waals surface area contributed by atoms with Crippen molar-refractivity contribution in [3.8, 4) is 0 Å². The molecule has 1 heterocycles. The number of rotatable bonds is 7. The summed E-state index contributed by atoms with van der Waals surface area (Å²) in [4.78, 5) is 28.9. The Kier molecular flexibility index (Phi) is 6.30. The number of nitro groups is 1. The third kappa shape index (κ3) is 5.38. The lowest BCUT2D eigenvalue weighted by molar-refractivity contribution is -0.384. The summed E-state index contributed by atoms with van der Waals surface area (Å²) in [5.41, 5.74) is 2.55. The van der Waals surface area contributed by atoms with E-state index in [9.17, 15) is 14.9 Å². The molecule has 0 saturated carbocycles. The van der Waals surface area contributed by atoms with Gasteiger partial charge in [0.25, 0.3) is 5.69 Å². The van der Waals surface area contributed by atoms with Crippen molar-refractivity contribution in [1.82, 2.24) is 9.88 Å². The van der Waals surface area contributed by atoms with Crippen LogP contribution in [0.25, 0.3) is 0 Å². The van der Waals surface area contributed by atoms with Gasteiger partial charge in [0, 0.05) is 43.3 Å². The first-order valence-corrected chi connectivity index (χ1v) is 8.85. The number of carbonyl (C=O) groups is 1. The highest BCUT2D eigenvalue weighted by molar-refractivity contribution is 5.89. The van der Waals surface area contributed by atoms with Crippen LogP contribution in [0.2, 0.25) is 0 Å². The average molecular weight is 376 g/mol. The second-order valence-electron chi connectivity index (χ2n) is 6.25. The van der Waals surface area contributed by atoms with Crippen LogP contribution in [0.4, 0.5) is 16.2 Å². The number of hydrogen-bond acceptors (Lipinski definition) is 4. The largest absolute Gasteiger partial charge is 0.322 e. The molecule has 0 radical (unpaired) electrons. The topological polar surface area (TPSA) is 88.4 Å². The monoisotopic (exact) mass is 376 g/mol. The molecule has 1 N–H and O–H groups in total. The summed E-state index contributed by atoms with van der Waals surface area (Å²) < 4.78 is 0. The maximum absolute atomic E-state index is 12.8. The molecule has 0 atom stereocenters. The summed E-state index contributed by atoms with van der Waals surface area (Å²) in [7, 11) is 0. The number of carbonyl (C=O) groups excluding carboxylic acids is 1. The van der Waals surface area contributed by atoms with Gasteiger partial charge in [-0.25, -0.2) is 4.79 Å². The Morgan fingerprint density at radius 1 is 1.00 bits per heavy atom. The third-order valence-electron chi connectivity index (χ3n) is 4.23. The van der Waals surface area contributed by atoms with Gasteiger partial charge in [-0.2, -0.15) is 0 Å². The predicted octanol–water partition coefficient (Wildman–Crippen LogP) is 4.27. The maximum Gasteiger partial charge on any atom is 0.322 e. The number of urea groups is 1. The van der Waals surface area contributed by atoms with Gasteiger partial charge in [0.15, 0.2) is 0 Å². The van der Waals surface area contributed by atoms with E-state index in [4.69, 9.17) is 0 Å². The highest BCUT2D eigenvalue weighted by atomic mass is 16.6. The molecule has 2 aromatic carbocycles. The van der Waals surface area contributed by atoms with Crippen LogP contribution >= 0.6 is 0 Å². The Hall–Kier alpha value is -3.74. The second-order valence-corrected chi connectivity index (χ2v) is 6.25. The standard InChI is InChI=1S/C21H20N4O3/c26-21(23-19-8-10-20(11-9-19)25(27)28)24(16-18-7-4-13-22-15-18)14-12-17-5-2-1-3-6-17/h1-11,13,15H,12,14,16H2,(H,23,26). The molecule has 0 aliphatic rings. The molecular formula is C21H20N4O3. The summed E-state index contributed by atoms with van der Waals surface area (Å²) in [5.74, 6) is 0. The number of nitrogens with one attached hydrogen (secondary N) is 1. The smallest absolute Gasteiger partial charge is 0.320 e. The summed E-state index contributed by atoms with van der Waals surface area (Å²) in [6.07, 6.45) is 4.14. The molecule has 0 spiro atoms. The van der Waals surface area contributed by atoms with E-state index in [1.54, 1.807) is 17.3 Å². The molecule has 2 amide bonds. The normalized spacial score (nSPS) is 10.3. The number of nitro benzene ring substituents is 1. The first-order valence-electron chi connectivity index (χ1n) is 8.85. The van der Waals surface area contributed by atoms with Crippen molar-refractivity contribution < 1.29 is 9.72 Å². The average Bonchev–Trinajstić information content (AvgIpc) is 2.73. The van der Waals surface area contributed by atoms with Crippen molar-refractivity contribution in [2.45, 2.75) is 13.0 Å². The van der Waals surface area contributed by atoms with Crippen LogP contribution in [0.3, 0.4) is 0 Å². The van der Waals surface area contributed by atoms with Crippen LogP contribution in [-0.2, 0) is 13.0 Å². The molecule has 7 heteroatoms. The molecule has 0 bridgehead atoms. The molecule has 0 aliphatic heterocycles. The Balaban J connectivity index is 1.70. The highest BCUT2D eigenvalue weighted by Gasteiger charge is 2.15. The number of hydrogen-bond donors (Lipinski definition) is 1. The number of anilines is 1. The van der Waals surface area contributed by atoms with Crippen LogP contribution in [0.5, 0.6) is 0 Å². The Morgan fingerprint density at radius 3 is 2.36 bits per heavy atom. The van der Waals surface area contributed by atoms with Crippen molar-refractivity contribution in [1.29, 1.82) is 0 Å². The summed E-state index contributed by atoms with van der Waals surface area (Å²) in [6.45, 7) is 0.942. The summed E-state index contributed by atoms with van der Waals surface area (Å²) >= 11 is 0. The Labute approximate surface area is 162 Å². The lowest BCUT2D eigenvalue weighted by Crippen LogP contribution is -2.36. The minimum absolute atomic E-state index is 0.0192. The van der Waals surface area contributed by atoms with Crippen LogP contribution in [-0.4, -0.2) is 27.4 Å². The molecule has 28 heavy (non-hydrogen) atoms. The van der Waals surface area contributed by atoms with Crippen molar-refractivity contribution in [2.24, 2.45) is 0 Å². The second kappa shape index (κ2) is 9.27. The number of pyridine rings is 1. The quantitative estimate of drug-likeness (QED) is 0.493. The van der Waals surface area contributed by atoms with Crippen molar-refractivity contribution in [3.63, 3.8) is 0 Å². The molecular weight excluding hydrogens is 356 g/mol. The first kappa shape index (κ1) is 19.0. The lowest BCUT2D eigenvalue weighted by atomic mass is 10.1. The molecule has 0 fully saturated rings. The SMILES string of the molecule is O=C(Nc1ccc([N+](=O)[O-])cc1)N(CCc1ccccc1)Cc1cccnc1. The van der Waals surface area contributed by atoms with Crippen molar-refractivity contribution in [3.05, 3.63) is 100 Å².